The van der Waals surface area contributed by atoms with Gasteiger partial charge in [-0.15, -0.1) is 11.3 Å². The number of methoxy groups -OCH3 is 1. The van der Waals surface area contributed by atoms with Gasteiger partial charge in [-0.3, -0.25) is 29.3 Å². The zero-order valence-electron chi connectivity index (χ0n) is 36.9. The second kappa shape index (κ2) is 18.5. The van der Waals surface area contributed by atoms with Crippen molar-refractivity contribution < 1.29 is 23.9 Å². The summed E-state index contributed by atoms with van der Waals surface area (Å²) in [4.78, 5) is 53.9. The molecule has 2 N–H and O–H groups in total. The molecule has 2 amide bonds. The van der Waals surface area contributed by atoms with Crippen LogP contribution in [0.4, 0.5) is 5.69 Å². The average molecular weight is 853 g/mol. The molecule has 0 bridgehead atoms. The SMILES string of the molecule is CCn1c(-c2cc(N3CCN4CCCC[C@@H]4C3)cnc2[C@H](C)OC)c(CC(C)(C)COC=O)c2cc(-c3csc(C[C@H](NC(=O)[C@H]4C[C@@H]4C)C(=O)N4CCCCN4)n3)ccc21. The quantitative estimate of drug-likeness (QED) is 0.116. The van der Waals surface area contributed by atoms with Crippen molar-refractivity contribution >= 4 is 46.2 Å². The van der Waals surface area contributed by atoms with Gasteiger partial charge in [0.05, 0.1) is 46.7 Å². The van der Waals surface area contributed by atoms with E-state index in [1.807, 2.05) is 6.20 Å². The number of benzene rings is 1. The highest BCUT2D eigenvalue weighted by Crippen LogP contribution is 2.43. The molecule has 0 unspecified atom stereocenters. The number of ether oxygens (including phenoxy) is 2. The lowest BCUT2D eigenvalue weighted by atomic mass is 9.84. The lowest BCUT2D eigenvalue weighted by molar-refractivity contribution is -0.140. The third kappa shape index (κ3) is 9.38. The van der Waals surface area contributed by atoms with Crippen LogP contribution in [0.5, 0.6) is 0 Å². The van der Waals surface area contributed by atoms with Crippen molar-refractivity contribution in [2.24, 2.45) is 17.3 Å². The number of nitrogens with one attached hydrogen (secondary N) is 2. The highest BCUT2D eigenvalue weighted by molar-refractivity contribution is 7.10. The van der Waals surface area contributed by atoms with Crippen molar-refractivity contribution in [1.82, 2.24) is 35.2 Å². The molecular weight excluding hydrogens is 789 g/mol. The number of anilines is 1. The average Bonchev–Trinajstić information content (AvgIpc) is 3.70. The predicted octanol–water partition coefficient (Wildman–Crippen LogP) is 6.78. The summed E-state index contributed by atoms with van der Waals surface area (Å²) in [7, 11) is 1.74. The Labute approximate surface area is 364 Å². The van der Waals surface area contributed by atoms with Crippen LogP contribution < -0.4 is 15.6 Å². The van der Waals surface area contributed by atoms with Gasteiger partial charge in [-0.2, -0.15) is 0 Å². The van der Waals surface area contributed by atoms with E-state index in [2.05, 4.69) is 89.4 Å². The van der Waals surface area contributed by atoms with Crippen molar-refractivity contribution in [3.8, 4) is 22.5 Å². The summed E-state index contributed by atoms with van der Waals surface area (Å²) in [5.41, 5.74) is 11.1. The molecule has 3 aliphatic heterocycles. The number of aryl methyl sites for hydroxylation is 1. The molecule has 61 heavy (non-hydrogen) atoms. The molecule has 0 radical (unpaired) electrons. The summed E-state index contributed by atoms with van der Waals surface area (Å²) in [6.45, 7) is 17.7. The first-order valence-electron chi connectivity index (χ1n) is 22.5. The predicted molar refractivity (Wildman–Crippen MR) is 240 cm³/mol. The zero-order valence-corrected chi connectivity index (χ0v) is 37.7. The molecule has 3 aromatic heterocycles. The monoisotopic (exact) mass is 852 g/mol. The molecule has 1 saturated carbocycles. The Balaban J connectivity index is 1.18. The molecule has 13 nitrogen and oxygen atoms in total. The number of amides is 2. The number of pyridine rings is 1. The van der Waals surface area contributed by atoms with Gasteiger partial charge in [0.2, 0.25) is 5.91 Å². The minimum atomic E-state index is -0.699. The minimum Gasteiger partial charge on any atom is -0.467 e. The van der Waals surface area contributed by atoms with E-state index in [4.69, 9.17) is 19.4 Å². The second-order valence-corrected chi connectivity index (χ2v) is 19.4. The number of fused-ring (bicyclic) bond motifs is 2. The van der Waals surface area contributed by atoms with Gasteiger partial charge in [-0.25, -0.2) is 10.4 Å². The Bertz CT molecular complexity index is 2210. The highest BCUT2D eigenvalue weighted by Gasteiger charge is 2.41. The number of piperidine rings is 1. The van der Waals surface area contributed by atoms with Gasteiger partial charge >= 0.3 is 0 Å². The molecule has 3 saturated heterocycles. The number of piperazine rings is 1. The van der Waals surface area contributed by atoms with Crippen LogP contribution in [0.2, 0.25) is 0 Å². The number of carbonyl (C=O) groups is 3. The molecule has 328 valence electrons. The van der Waals surface area contributed by atoms with Crippen LogP contribution in [0.3, 0.4) is 0 Å². The first kappa shape index (κ1) is 43.3. The number of carbonyl (C=O) groups excluding carboxylic acids is 3. The summed E-state index contributed by atoms with van der Waals surface area (Å²) < 4.78 is 13.8. The van der Waals surface area contributed by atoms with Gasteiger partial charge in [-0.05, 0) is 88.6 Å². The fraction of sp³-hybridized carbons (Fsp3) is 0.596. The van der Waals surface area contributed by atoms with E-state index < -0.39 is 6.04 Å². The molecule has 1 aliphatic carbocycles. The molecule has 1 aromatic carbocycles. The maximum atomic E-state index is 13.8. The number of rotatable bonds is 16. The van der Waals surface area contributed by atoms with Crippen LogP contribution in [0, 0.1) is 17.3 Å². The molecule has 4 aliphatic rings. The normalized spacial score (nSPS) is 21.8. The molecule has 0 spiro atoms. The molecular formula is C47H64N8O5S. The van der Waals surface area contributed by atoms with Crippen molar-refractivity contribution in [1.29, 1.82) is 0 Å². The molecule has 6 heterocycles. The molecule has 4 aromatic rings. The maximum Gasteiger partial charge on any atom is 0.293 e. The van der Waals surface area contributed by atoms with E-state index in [0.717, 1.165) is 107 Å². The Kier molecular flexibility index (Phi) is 13.2. The number of thiazole rings is 1. The van der Waals surface area contributed by atoms with Gasteiger partial charge in [0.1, 0.15) is 6.04 Å². The largest absolute Gasteiger partial charge is 0.467 e. The number of hydrazine groups is 1. The minimum absolute atomic E-state index is 0.0352. The van der Waals surface area contributed by atoms with E-state index in [-0.39, 0.29) is 35.9 Å². The van der Waals surface area contributed by atoms with Crippen LogP contribution in [0.1, 0.15) is 95.5 Å². The Morgan fingerprint density at radius 2 is 1.93 bits per heavy atom. The van der Waals surface area contributed by atoms with Crippen molar-refractivity contribution in [2.45, 2.75) is 111 Å². The van der Waals surface area contributed by atoms with E-state index in [0.29, 0.717) is 37.8 Å². The summed E-state index contributed by atoms with van der Waals surface area (Å²) in [5.74, 6) is 0.141. The van der Waals surface area contributed by atoms with Gasteiger partial charge in [0, 0.05) is 97.6 Å². The van der Waals surface area contributed by atoms with Gasteiger partial charge in [0.25, 0.3) is 12.4 Å². The van der Waals surface area contributed by atoms with Crippen molar-refractivity contribution in [3.63, 3.8) is 0 Å². The smallest absolute Gasteiger partial charge is 0.293 e. The first-order valence-corrected chi connectivity index (χ1v) is 23.4. The summed E-state index contributed by atoms with van der Waals surface area (Å²) in [6.07, 6.45) is 9.36. The number of hydrogen-bond donors (Lipinski definition) is 2. The van der Waals surface area contributed by atoms with Crippen LogP contribution >= 0.6 is 11.3 Å². The van der Waals surface area contributed by atoms with E-state index in [1.165, 1.54) is 37.1 Å². The summed E-state index contributed by atoms with van der Waals surface area (Å²) in [6, 6.07) is 8.77. The van der Waals surface area contributed by atoms with E-state index >= 15 is 0 Å². The maximum absolute atomic E-state index is 13.8. The summed E-state index contributed by atoms with van der Waals surface area (Å²) >= 11 is 1.52. The second-order valence-electron chi connectivity index (χ2n) is 18.5. The molecule has 4 fully saturated rings. The van der Waals surface area contributed by atoms with Gasteiger partial charge in [0.15, 0.2) is 0 Å². The third-order valence-corrected chi connectivity index (χ3v) is 14.3. The van der Waals surface area contributed by atoms with Crippen molar-refractivity contribution in [3.05, 3.63) is 52.1 Å². The van der Waals surface area contributed by atoms with Gasteiger partial charge in [-0.1, -0.05) is 33.3 Å². The lowest BCUT2D eigenvalue weighted by Crippen LogP contribution is -2.56. The third-order valence-electron chi connectivity index (χ3n) is 13.4. The van der Waals surface area contributed by atoms with Crippen LogP contribution in [-0.2, 0) is 43.2 Å². The lowest BCUT2D eigenvalue weighted by Gasteiger charge is -2.45. The Morgan fingerprint density at radius 1 is 1.11 bits per heavy atom. The number of hydrogen-bond acceptors (Lipinski definition) is 11. The fourth-order valence-corrected chi connectivity index (χ4v) is 10.6. The van der Waals surface area contributed by atoms with Crippen LogP contribution in [0.15, 0.2) is 35.8 Å². The van der Waals surface area contributed by atoms with E-state index in [9.17, 15) is 14.4 Å². The Hall–Kier alpha value is -4.37. The van der Waals surface area contributed by atoms with Crippen LogP contribution in [-0.4, -0.2) is 108 Å². The zero-order chi connectivity index (χ0) is 42.8. The number of aromatic nitrogens is 3. The standard InChI is InChI=1S/C47H64N8O5S/c1-7-54-41-14-13-32(40-27-61-42(50-40)23-39(51-45(57)35-20-30(35)2)46(58)55-17-11-9-15-49-55)21-36(41)38(24-47(4,5)28-60-29-56)44(54)37-22-34(25-48-43(37)31(3)59-6)53-19-18-52-16-10-8-12-33(52)26-53/h13-14,21-22,25,27,29-31,33,35,39,49H,7-12,15-20,23-24,26,28H2,1-6H3,(H,51,57)/t30-,31-,33+,35-,39-/m0/s1. The molecule has 8 rings (SSSR count). The summed E-state index contributed by atoms with van der Waals surface area (Å²) in [5, 5.41) is 8.73. The topological polar surface area (TPSA) is 134 Å². The Morgan fingerprint density at radius 3 is 2.67 bits per heavy atom. The van der Waals surface area contributed by atoms with Crippen LogP contribution in [0.25, 0.3) is 33.4 Å². The fourth-order valence-electron chi connectivity index (χ4n) is 9.78. The number of nitrogens with zero attached hydrogens (tertiary/aromatic N) is 6. The van der Waals surface area contributed by atoms with Crippen molar-refractivity contribution in [2.75, 3.05) is 57.9 Å². The highest BCUT2D eigenvalue weighted by atomic mass is 32.1. The van der Waals surface area contributed by atoms with Gasteiger partial charge < -0.3 is 24.3 Å². The van der Waals surface area contributed by atoms with E-state index in [1.54, 1.807) is 12.1 Å². The molecule has 5 atom stereocenters. The molecule has 14 heteroatoms. The first-order chi connectivity index (χ1) is 29.5.